The summed E-state index contributed by atoms with van der Waals surface area (Å²) in [5, 5.41) is 7.46. The van der Waals surface area contributed by atoms with E-state index in [1.807, 2.05) is 6.92 Å². The number of rotatable bonds is 3. The Morgan fingerprint density at radius 1 is 1.24 bits per heavy atom. The van der Waals surface area contributed by atoms with Crippen LogP contribution >= 0.6 is 23.2 Å². The summed E-state index contributed by atoms with van der Waals surface area (Å²) in [5.74, 6) is -1.97. The van der Waals surface area contributed by atoms with E-state index in [2.05, 4.69) is 20.4 Å². The Morgan fingerprint density at radius 3 is 2.76 bits per heavy atom. The van der Waals surface area contributed by atoms with Gasteiger partial charge in [-0.1, -0.05) is 23.2 Å². The first-order valence-electron chi connectivity index (χ1n) is 8.48. The molecular weight excluding hydrogens is 422 g/mol. The highest BCUT2D eigenvalue weighted by Gasteiger charge is 2.34. The van der Waals surface area contributed by atoms with Gasteiger partial charge in [-0.2, -0.15) is 9.49 Å². The quantitative estimate of drug-likeness (QED) is 0.679. The zero-order chi connectivity index (χ0) is 20.7. The second-order valence-electron chi connectivity index (χ2n) is 6.40. The lowest BCUT2D eigenvalue weighted by Crippen LogP contribution is -2.43. The molecule has 1 aliphatic rings. The van der Waals surface area contributed by atoms with Crippen molar-refractivity contribution in [1.82, 2.24) is 19.7 Å². The van der Waals surface area contributed by atoms with E-state index in [-0.39, 0.29) is 29.0 Å². The van der Waals surface area contributed by atoms with Crippen molar-refractivity contribution < 1.29 is 14.0 Å². The number of anilines is 2. The van der Waals surface area contributed by atoms with E-state index in [0.29, 0.717) is 22.3 Å². The Hall–Kier alpha value is -3.04. The molecule has 2 amide bonds. The number of carbonyl (C=O) groups is 2. The minimum Gasteiger partial charge on any atom is -0.317 e. The van der Waals surface area contributed by atoms with Crippen LogP contribution in [0.3, 0.4) is 0 Å². The van der Waals surface area contributed by atoms with Crippen molar-refractivity contribution in [1.29, 1.82) is 0 Å². The summed E-state index contributed by atoms with van der Waals surface area (Å²) in [6.45, 7) is 2.24. The zero-order valence-corrected chi connectivity index (χ0v) is 16.4. The van der Waals surface area contributed by atoms with Crippen LogP contribution < -0.4 is 10.2 Å². The third-order valence-corrected chi connectivity index (χ3v) is 5.15. The molecule has 0 aliphatic carbocycles. The third-order valence-electron chi connectivity index (χ3n) is 4.41. The predicted octanol–water partition coefficient (Wildman–Crippen LogP) is 3.59. The summed E-state index contributed by atoms with van der Waals surface area (Å²) < 4.78 is 14.8. The topological polar surface area (TPSA) is 93.0 Å². The first-order chi connectivity index (χ1) is 13.8. The van der Waals surface area contributed by atoms with Crippen molar-refractivity contribution >= 4 is 46.4 Å². The molecule has 1 N–H and O–H groups in total. The maximum absolute atomic E-state index is 13.2. The van der Waals surface area contributed by atoms with Crippen LogP contribution in [0.15, 0.2) is 36.8 Å². The van der Waals surface area contributed by atoms with Gasteiger partial charge in [0.15, 0.2) is 5.69 Å². The van der Waals surface area contributed by atoms with Gasteiger partial charge in [0.05, 0.1) is 40.4 Å². The van der Waals surface area contributed by atoms with Gasteiger partial charge in [0.25, 0.3) is 11.8 Å². The van der Waals surface area contributed by atoms with E-state index in [9.17, 15) is 14.0 Å². The summed E-state index contributed by atoms with van der Waals surface area (Å²) in [6, 6.07) is 4.72. The molecule has 1 atom stereocenters. The molecule has 2 aromatic heterocycles. The molecule has 148 valence electrons. The van der Waals surface area contributed by atoms with Gasteiger partial charge in [-0.3, -0.25) is 19.3 Å². The van der Waals surface area contributed by atoms with Gasteiger partial charge in [0.2, 0.25) is 5.95 Å². The van der Waals surface area contributed by atoms with E-state index < -0.39 is 11.9 Å². The monoisotopic (exact) mass is 434 g/mol. The van der Waals surface area contributed by atoms with Crippen LogP contribution in [0.1, 0.15) is 33.9 Å². The molecule has 1 aromatic carbocycles. The average Bonchev–Trinajstić information content (AvgIpc) is 3.11. The van der Waals surface area contributed by atoms with Gasteiger partial charge in [-0.25, -0.2) is 4.98 Å². The molecule has 0 bridgehead atoms. The second-order valence-corrected chi connectivity index (χ2v) is 7.21. The molecule has 0 fully saturated rings. The Kier molecular flexibility index (Phi) is 4.93. The van der Waals surface area contributed by atoms with Crippen LogP contribution in [0.4, 0.5) is 15.8 Å². The molecule has 0 radical (unpaired) electrons. The molecule has 8 nitrogen and oxygen atoms in total. The van der Waals surface area contributed by atoms with E-state index in [0.717, 1.165) is 12.4 Å². The molecule has 3 heterocycles. The average molecular weight is 435 g/mol. The van der Waals surface area contributed by atoms with Crippen LogP contribution in [0, 0.1) is 5.95 Å². The fraction of sp³-hybridized carbons (Fsp3) is 0.167. The first-order valence-corrected chi connectivity index (χ1v) is 9.24. The zero-order valence-electron chi connectivity index (χ0n) is 14.9. The summed E-state index contributed by atoms with van der Waals surface area (Å²) in [6.07, 6.45) is 3.38. The molecule has 11 heteroatoms. The molecule has 0 saturated carbocycles. The minimum atomic E-state index is -0.884. The highest BCUT2D eigenvalue weighted by atomic mass is 35.5. The molecule has 0 saturated heterocycles. The summed E-state index contributed by atoms with van der Waals surface area (Å²) >= 11 is 12.1. The SMILES string of the molecule is C[C@H]1CN(c2ccc(Cl)c(Cl)c2)C(=O)c2c(NC(=O)c3cncc(F)n3)cnn21. The van der Waals surface area contributed by atoms with Crippen LogP contribution in [-0.2, 0) is 0 Å². The van der Waals surface area contributed by atoms with Crippen molar-refractivity contribution in [3.8, 4) is 0 Å². The molecule has 0 unspecified atom stereocenters. The van der Waals surface area contributed by atoms with E-state index in [4.69, 9.17) is 23.2 Å². The number of benzene rings is 1. The van der Waals surface area contributed by atoms with Gasteiger partial charge in [0.1, 0.15) is 5.69 Å². The normalized spacial score (nSPS) is 15.9. The molecule has 4 rings (SSSR count). The number of nitrogens with zero attached hydrogens (tertiary/aromatic N) is 5. The summed E-state index contributed by atoms with van der Waals surface area (Å²) in [5.41, 5.74) is 0.717. The number of amides is 2. The number of hydrogen-bond acceptors (Lipinski definition) is 5. The Balaban J connectivity index is 1.67. The van der Waals surface area contributed by atoms with Gasteiger partial charge in [-0.15, -0.1) is 0 Å². The number of hydrogen-bond donors (Lipinski definition) is 1. The number of aromatic nitrogens is 4. The van der Waals surface area contributed by atoms with Gasteiger partial charge < -0.3 is 10.2 Å². The van der Waals surface area contributed by atoms with Gasteiger partial charge in [-0.05, 0) is 25.1 Å². The maximum atomic E-state index is 13.2. The lowest BCUT2D eigenvalue weighted by Gasteiger charge is -2.32. The fourth-order valence-electron chi connectivity index (χ4n) is 3.07. The number of halogens is 3. The van der Waals surface area contributed by atoms with Crippen molar-refractivity contribution in [2.24, 2.45) is 0 Å². The van der Waals surface area contributed by atoms with E-state index >= 15 is 0 Å². The van der Waals surface area contributed by atoms with Crippen molar-refractivity contribution in [2.45, 2.75) is 13.0 Å². The van der Waals surface area contributed by atoms with Crippen LogP contribution in [0.25, 0.3) is 0 Å². The third kappa shape index (κ3) is 3.54. The van der Waals surface area contributed by atoms with E-state index in [1.165, 1.54) is 15.8 Å². The molecule has 0 spiro atoms. The number of carbonyl (C=O) groups excluding carboxylic acids is 2. The molecule has 29 heavy (non-hydrogen) atoms. The van der Waals surface area contributed by atoms with Crippen LogP contribution in [0.2, 0.25) is 10.0 Å². The smallest absolute Gasteiger partial charge is 0.278 e. The predicted molar refractivity (Wildman–Crippen MR) is 105 cm³/mol. The maximum Gasteiger partial charge on any atom is 0.278 e. The molecule has 1 aliphatic heterocycles. The molecular formula is C18H13Cl2FN6O2. The van der Waals surface area contributed by atoms with Crippen molar-refractivity contribution in [2.75, 3.05) is 16.8 Å². The van der Waals surface area contributed by atoms with Crippen LogP contribution in [-0.4, -0.2) is 38.1 Å². The minimum absolute atomic E-state index is 0.170. The van der Waals surface area contributed by atoms with E-state index in [1.54, 1.807) is 18.2 Å². The Morgan fingerprint density at radius 2 is 2.03 bits per heavy atom. The lowest BCUT2D eigenvalue weighted by molar-refractivity contribution is 0.0954. The van der Waals surface area contributed by atoms with Crippen LogP contribution in [0.5, 0.6) is 0 Å². The van der Waals surface area contributed by atoms with Crippen molar-refractivity contribution in [3.63, 3.8) is 0 Å². The van der Waals surface area contributed by atoms with Gasteiger partial charge >= 0.3 is 0 Å². The second kappa shape index (κ2) is 7.41. The summed E-state index contributed by atoms with van der Waals surface area (Å²) in [7, 11) is 0. The standard InChI is InChI=1S/C18H13Cl2FN6O2/c1-9-8-26(10-2-3-11(19)12(20)4-10)18(29)16-13(6-23-27(9)16)25-17(28)14-5-22-7-15(21)24-14/h2-7,9H,8H2,1H3,(H,25,28)/t9-/m0/s1. The first kappa shape index (κ1) is 19.3. The number of nitrogens with one attached hydrogen (secondary N) is 1. The fourth-order valence-corrected chi connectivity index (χ4v) is 3.36. The highest BCUT2D eigenvalue weighted by molar-refractivity contribution is 6.42. The van der Waals surface area contributed by atoms with Gasteiger partial charge in [0, 0.05) is 12.2 Å². The Bertz CT molecular complexity index is 1140. The Labute approximate surface area is 174 Å². The highest BCUT2D eigenvalue weighted by Crippen LogP contribution is 2.33. The van der Waals surface area contributed by atoms with Crippen molar-refractivity contribution in [3.05, 3.63) is 64.2 Å². The molecule has 3 aromatic rings. The number of fused-ring (bicyclic) bond motifs is 1. The largest absolute Gasteiger partial charge is 0.317 e. The lowest BCUT2D eigenvalue weighted by atomic mass is 10.1. The summed E-state index contributed by atoms with van der Waals surface area (Å²) in [4.78, 5) is 34.2.